The number of aliphatic carboxylic acids is 6. The van der Waals surface area contributed by atoms with E-state index in [0.29, 0.717) is 71.7 Å². The number of carboxylic acid groups (broad SMARTS) is 6. The summed E-state index contributed by atoms with van der Waals surface area (Å²) in [6.45, 7) is 7.94. The number of nitrogens with zero attached hydrogens (tertiary/aromatic N) is 6. The van der Waals surface area contributed by atoms with E-state index in [-0.39, 0.29) is 23.2 Å². The quantitative estimate of drug-likeness (QED) is 0.129. The molecule has 2 saturated heterocycles. The average Bonchev–Trinajstić information content (AvgIpc) is 4.02. The zero-order valence-electron chi connectivity index (χ0n) is 36.0. The second-order valence-electron chi connectivity index (χ2n) is 16.4. The van der Waals surface area contributed by atoms with Crippen molar-refractivity contribution in [2.45, 2.75) is 75.8 Å². The highest BCUT2D eigenvalue weighted by atomic mass is 19.1. The van der Waals surface area contributed by atoms with Crippen molar-refractivity contribution in [2.75, 3.05) is 23.7 Å². The number of anilines is 2. The first kappa shape index (κ1) is 49.3. The highest BCUT2D eigenvalue weighted by Gasteiger charge is 2.52. The lowest BCUT2D eigenvalue weighted by molar-refractivity contribution is -0.134. The van der Waals surface area contributed by atoms with E-state index < -0.39 is 58.6 Å². The highest BCUT2D eigenvalue weighted by molar-refractivity contribution is 6.01. The second kappa shape index (κ2) is 19.8. The Labute approximate surface area is 381 Å². The predicted molar refractivity (Wildman–Crippen MR) is 234 cm³/mol. The van der Waals surface area contributed by atoms with E-state index >= 15 is 0 Å². The third-order valence-electron chi connectivity index (χ3n) is 12.2. The molecule has 68 heavy (non-hydrogen) atoms. The number of fused-ring (bicyclic) bond motifs is 4. The number of hydrogen-bond donors (Lipinski definition) is 8. The van der Waals surface area contributed by atoms with Gasteiger partial charge in [-0.2, -0.15) is 0 Å². The van der Waals surface area contributed by atoms with E-state index in [9.17, 15) is 47.1 Å². The van der Waals surface area contributed by atoms with Crippen LogP contribution in [0.3, 0.4) is 0 Å². The minimum absolute atomic E-state index is 0.0193. The van der Waals surface area contributed by atoms with Gasteiger partial charge in [-0.1, -0.05) is 0 Å². The molecule has 356 valence electrons. The van der Waals surface area contributed by atoms with Gasteiger partial charge in [-0.05, 0) is 76.9 Å². The number of benzene rings is 2. The third kappa shape index (κ3) is 10.3. The van der Waals surface area contributed by atoms with E-state index in [1.807, 2.05) is 0 Å². The van der Waals surface area contributed by atoms with E-state index in [2.05, 4.69) is 54.7 Å². The van der Waals surface area contributed by atoms with Crippen LogP contribution in [-0.4, -0.2) is 121 Å². The van der Waals surface area contributed by atoms with Crippen LogP contribution in [0.2, 0.25) is 0 Å². The Morgan fingerprint density at radius 2 is 0.868 bits per heavy atom. The second-order valence-corrected chi connectivity index (χ2v) is 16.4. The topological polar surface area (TPSA) is 340 Å². The van der Waals surface area contributed by atoms with Crippen molar-refractivity contribution in [3.8, 4) is 0 Å². The van der Waals surface area contributed by atoms with Gasteiger partial charge in [0.15, 0.2) is 0 Å². The molecule has 0 aliphatic carbocycles. The molecular formula is C44H42F2N8O14. The Hall–Kier alpha value is -8.12. The summed E-state index contributed by atoms with van der Waals surface area (Å²) < 4.78 is 27.8. The standard InChI is InChI=1S/2C16H15FN4O.3C4H4O4/c2*1-16-3-2-4-21(16)7-11-13-12-9(15(22)20-19-11)5-8(17)6-10(12)18-14(13)16;3*5-3(6)1-2-4(7)8/h2*5-6,14,18H,2-4,7H2,1H3;3*1-2H,(H,5,6)(H,7,8)/b;;3*2-1-/t2*14?,16-;;;/m11.../s1. The summed E-state index contributed by atoms with van der Waals surface area (Å²) >= 11 is 0. The first-order valence-electron chi connectivity index (χ1n) is 20.5. The van der Waals surface area contributed by atoms with Crippen LogP contribution in [0.25, 0.3) is 21.5 Å². The summed E-state index contributed by atoms with van der Waals surface area (Å²) in [6.07, 6.45) is 7.79. The Bertz CT molecular complexity index is 2730. The number of carboxylic acids is 6. The summed E-state index contributed by atoms with van der Waals surface area (Å²) in [5.74, 6) is -8.37. The van der Waals surface area contributed by atoms with Crippen LogP contribution in [0.15, 0.2) is 70.3 Å². The molecule has 10 rings (SSSR count). The maximum absolute atomic E-state index is 13.9. The summed E-state index contributed by atoms with van der Waals surface area (Å²) in [5.41, 5.74) is 4.20. The van der Waals surface area contributed by atoms with Crippen LogP contribution in [0.4, 0.5) is 20.2 Å². The number of hydrogen-bond acceptors (Lipinski definition) is 16. The SMILES string of the molecule is C[C@]12CCCN1Cc1nnc(=O)c3cc(F)cc4c3c1C2N4.C[C@]12CCCN1Cc1nnc(=O)c3cc(F)cc4c3c1C2N4.O=C(O)/C=C\C(=O)O.O=C(O)/C=C\C(=O)O.O=C(O)/C=C\C(=O)O. The molecule has 22 nitrogen and oxygen atoms in total. The van der Waals surface area contributed by atoms with Gasteiger partial charge in [0.2, 0.25) is 0 Å². The van der Waals surface area contributed by atoms with Crippen molar-refractivity contribution >= 4 is 68.7 Å². The summed E-state index contributed by atoms with van der Waals surface area (Å²) in [7, 11) is 0. The number of rotatable bonds is 6. The number of nitrogens with one attached hydrogen (secondary N) is 2. The lowest BCUT2D eigenvalue weighted by atomic mass is 9.81. The summed E-state index contributed by atoms with van der Waals surface area (Å²) in [4.78, 5) is 86.5. The molecule has 2 fully saturated rings. The lowest BCUT2D eigenvalue weighted by Crippen LogP contribution is -2.50. The zero-order chi connectivity index (χ0) is 49.8. The fourth-order valence-electron chi connectivity index (χ4n) is 9.36. The maximum atomic E-state index is 13.9. The van der Waals surface area contributed by atoms with Crippen LogP contribution < -0.4 is 21.8 Å². The Morgan fingerprint density at radius 3 is 1.16 bits per heavy atom. The largest absolute Gasteiger partial charge is 0.478 e. The fourth-order valence-corrected chi connectivity index (χ4v) is 9.36. The molecule has 0 spiro atoms. The number of halogens is 2. The molecule has 24 heteroatoms. The normalized spacial score (nSPS) is 21.9. The van der Waals surface area contributed by atoms with Gasteiger partial charge in [-0.15, -0.1) is 20.4 Å². The van der Waals surface area contributed by atoms with E-state index in [1.54, 1.807) is 0 Å². The zero-order valence-corrected chi connectivity index (χ0v) is 36.0. The van der Waals surface area contributed by atoms with E-state index in [1.165, 1.54) is 24.3 Å². The summed E-state index contributed by atoms with van der Waals surface area (Å²) in [5, 5.41) is 72.0. The van der Waals surface area contributed by atoms with Crippen LogP contribution in [0.1, 0.15) is 74.1 Å². The van der Waals surface area contributed by atoms with Gasteiger partial charge >= 0.3 is 35.8 Å². The highest BCUT2D eigenvalue weighted by Crippen LogP contribution is 2.54. The monoisotopic (exact) mass is 944 g/mol. The Kier molecular flexibility index (Phi) is 14.3. The molecule has 2 unspecified atom stereocenters. The van der Waals surface area contributed by atoms with E-state index in [0.717, 1.165) is 72.1 Å². The van der Waals surface area contributed by atoms with Crippen molar-refractivity contribution in [3.05, 3.63) is 116 Å². The third-order valence-corrected chi connectivity index (χ3v) is 12.2. The first-order chi connectivity index (χ1) is 32.0. The van der Waals surface area contributed by atoms with Crippen LogP contribution in [-0.2, 0) is 41.9 Å². The molecule has 8 heterocycles. The van der Waals surface area contributed by atoms with Gasteiger partial charge < -0.3 is 41.3 Å². The van der Waals surface area contributed by atoms with Gasteiger partial charge in [0, 0.05) is 93.9 Å². The van der Waals surface area contributed by atoms with Crippen molar-refractivity contribution in [2.24, 2.45) is 0 Å². The molecule has 0 radical (unpaired) electrons. The average molecular weight is 945 g/mol. The molecule has 2 aromatic heterocycles. The molecule has 6 aliphatic heterocycles. The van der Waals surface area contributed by atoms with Crippen molar-refractivity contribution in [1.82, 2.24) is 30.2 Å². The van der Waals surface area contributed by atoms with Gasteiger partial charge in [0.05, 0.1) is 34.2 Å². The number of carbonyl (C=O) groups is 6. The van der Waals surface area contributed by atoms with Crippen molar-refractivity contribution in [1.29, 1.82) is 0 Å². The molecule has 4 aromatic rings. The van der Waals surface area contributed by atoms with Gasteiger partial charge in [-0.25, -0.2) is 37.5 Å². The molecule has 0 bridgehead atoms. The fraction of sp³-hybridized carbons (Fsp3) is 0.318. The van der Waals surface area contributed by atoms with Crippen LogP contribution in [0.5, 0.6) is 0 Å². The Morgan fingerprint density at radius 1 is 0.559 bits per heavy atom. The van der Waals surface area contributed by atoms with Crippen LogP contribution in [0, 0.1) is 11.6 Å². The minimum atomic E-state index is -1.26. The predicted octanol–water partition coefficient (Wildman–Crippen LogP) is 3.06. The lowest BCUT2D eigenvalue weighted by Gasteiger charge is -2.44. The van der Waals surface area contributed by atoms with Crippen molar-refractivity contribution in [3.63, 3.8) is 0 Å². The van der Waals surface area contributed by atoms with E-state index in [4.69, 9.17) is 30.6 Å². The van der Waals surface area contributed by atoms with Crippen LogP contribution >= 0.6 is 0 Å². The molecular weight excluding hydrogens is 903 g/mol. The molecule has 6 aliphatic rings. The maximum Gasteiger partial charge on any atom is 0.328 e. The Balaban J connectivity index is 0.000000154. The van der Waals surface area contributed by atoms with Gasteiger partial charge in [-0.3, -0.25) is 19.4 Å². The van der Waals surface area contributed by atoms with Crippen molar-refractivity contribution < 1.29 is 68.2 Å². The molecule has 0 saturated carbocycles. The molecule has 2 aromatic carbocycles. The molecule has 4 atom stereocenters. The smallest absolute Gasteiger partial charge is 0.328 e. The van der Waals surface area contributed by atoms with Gasteiger partial charge in [0.25, 0.3) is 11.1 Å². The minimum Gasteiger partial charge on any atom is -0.478 e. The van der Waals surface area contributed by atoms with Gasteiger partial charge in [0.1, 0.15) is 11.6 Å². The molecule has 0 amide bonds. The summed E-state index contributed by atoms with van der Waals surface area (Å²) in [6, 6.07) is 5.59. The molecule has 8 N–H and O–H groups in total. The first-order valence-corrected chi connectivity index (χ1v) is 20.5. The number of aromatic nitrogens is 4.